The highest BCUT2D eigenvalue weighted by Gasteiger charge is 2.26. The minimum atomic E-state index is 0.641. The number of rotatable bonds is 3. The molecule has 0 aliphatic carbocycles. The lowest BCUT2D eigenvalue weighted by Crippen LogP contribution is -2.03. The van der Waals surface area contributed by atoms with Crippen molar-refractivity contribution in [2.75, 3.05) is 0 Å². The number of benzene rings is 6. The van der Waals surface area contributed by atoms with Gasteiger partial charge in [0.2, 0.25) is 5.95 Å². The summed E-state index contributed by atoms with van der Waals surface area (Å²) in [6.07, 6.45) is 3.60. The molecule has 228 valence electrons. The molecular formula is C42H23N5S2. The van der Waals surface area contributed by atoms with Crippen LogP contribution in [0.15, 0.2) is 140 Å². The quantitative estimate of drug-likeness (QED) is 0.189. The van der Waals surface area contributed by atoms with Gasteiger partial charge in [-0.2, -0.15) is 0 Å². The number of aromatic nitrogens is 5. The Labute approximate surface area is 287 Å². The molecule has 5 heterocycles. The molecule has 0 unspecified atom stereocenters. The molecular weight excluding hydrogens is 639 g/mol. The lowest BCUT2D eigenvalue weighted by Gasteiger charge is -2.13. The summed E-state index contributed by atoms with van der Waals surface area (Å²) < 4.78 is 7.11. The van der Waals surface area contributed by atoms with Crippen LogP contribution < -0.4 is 0 Å². The van der Waals surface area contributed by atoms with Crippen LogP contribution in [0.5, 0.6) is 0 Å². The summed E-state index contributed by atoms with van der Waals surface area (Å²) in [6.45, 7) is 0. The molecule has 7 heteroatoms. The van der Waals surface area contributed by atoms with Crippen LogP contribution in [0.25, 0.3) is 102 Å². The molecule has 0 aliphatic rings. The second-order valence-electron chi connectivity index (χ2n) is 12.3. The summed E-state index contributed by atoms with van der Waals surface area (Å²) in [6, 6.07) is 44.9. The van der Waals surface area contributed by atoms with E-state index < -0.39 is 0 Å². The predicted molar refractivity (Wildman–Crippen MR) is 206 cm³/mol. The molecule has 5 nitrogen and oxygen atoms in total. The second-order valence-corrected chi connectivity index (χ2v) is 14.4. The fraction of sp³-hybridized carbons (Fsp3) is 0. The lowest BCUT2D eigenvalue weighted by atomic mass is 10.0. The largest absolute Gasteiger partial charge is 0.277 e. The Morgan fingerprint density at radius 1 is 0.510 bits per heavy atom. The summed E-state index contributed by atoms with van der Waals surface area (Å²) in [7, 11) is 0. The van der Waals surface area contributed by atoms with E-state index in [2.05, 4.69) is 131 Å². The van der Waals surface area contributed by atoms with E-state index in [1.54, 1.807) is 17.7 Å². The van der Waals surface area contributed by atoms with Crippen LogP contribution in [0.3, 0.4) is 0 Å². The highest BCUT2D eigenvalue weighted by molar-refractivity contribution is 7.30. The fourth-order valence-electron chi connectivity index (χ4n) is 7.44. The van der Waals surface area contributed by atoms with Crippen molar-refractivity contribution in [2.24, 2.45) is 0 Å². The Balaban J connectivity index is 1.29. The van der Waals surface area contributed by atoms with Gasteiger partial charge >= 0.3 is 0 Å². The third-order valence-corrected chi connectivity index (χ3v) is 11.9. The minimum Gasteiger partial charge on any atom is -0.277 e. The molecule has 0 N–H and O–H groups in total. The zero-order chi connectivity index (χ0) is 32.1. The van der Waals surface area contributed by atoms with Crippen molar-refractivity contribution in [2.45, 2.75) is 0 Å². The van der Waals surface area contributed by atoms with Crippen LogP contribution in [0.1, 0.15) is 0 Å². The number of fused-ring (bicyclic) bond motifs is 13. The van der Waals surface area contributed by atoms with Crippen molar-refractivity contribution in [1.82, 2.24) is 24.5 Å². The van der Waals surface area contributed by atoms with Crippen LogP contribution >= 0.6 is 22.7 Å². The molecule has 0 amide bonds. The van der Waals surface area contributed by atoms with Crippen LogP contribution in [0, 0.1) is 0 Å². The Bertz CT molecular complexity index is 3070. The predicted octanol–water partition coefficient (Wildman–Crippen LogP) is 11.6. The normalized spacial score (nSPS) is 12.1. The molecule has 49 heavy (non-hydrogen) atoms. The highest BCUT2D eigenvalue weighted by Crippen LogP contribution is 2.51. The van der Waals surface area contributed by atoms with E-state index in [1.807, 2.05) is 23.6 Å². The molecule has 0 atom stereocenters. The zero-order valence-electron chi connectivity index (χ0n) is 25.8. The van der Waals surface area contributed by atoms with Crippen molar-refractivity contribution < 1.29 is 0 Å². The third-order valence-electron chi connectivity index (χ3n) is 9.57. The van der Waals surface area contributed by atoms with Gasteiger partial charge in [0.25, 0.3) is 0 Å². The third kappa shape index (κ3) is 3.85. The van der Waals surface area contributed by atoms with Gasteiger partial charge in [-0.1, -0.05) is 109 Å². The van der Waals surface area contributed by atoms with E-state index in [4.69, 9.17) is 15.0 Å². The maximum absolute atomic E-state index is 5.44. The number of hydrogen-bond acceptors (Lipinski definition) is 6. The van der Waals surface area contributed by atoms with Gasteiger partial charge in [-0.25, -0.2) is 19.9 Å². The molecule has 11 rings (SSSR count). The van der Waals surface area contributed by atoms with Gasteiger partial charge in [-0.3, -0.25) is 4.57 Å². The smallest absolute Gasteiger partial charge is 0.235 e. The van der Waals surface area contributed by atoms with Crippen molar-refractivity contribution in [3.05, 3.63) is 140 Å². The van der Waals surface area contributed by atoms with Crippen LogP contribution in [-0.4, -0.2) is 24.5 Å². The van der Waals surface area contributed by atoms with E-state index in [9.17, 15) is 0 Å². The van der Waals surface area contributed by atoms with Crippen LogP contribution in [0.4, 0.5) is 0 Å². The second kappa shape index (κ2) is 10.2. The topological polar surface area (TPSA) is 56.5 Å². The van der Waals surface area contributed by atoms with Gasteiger partial charge in [-0.05, 0) is 29.3 Å². The summed E-state index contributed by atoms with van der Waals surface area (Å²) in [5, 5.41) is 7.08. The van der Waals surface area contributed by atoms with Gasteiger partial charge in [0.1, 0.15) is 6.33 Å². The van der Waals surface area contributed by atoms with Crippen molar-refractivity contribution in [3.63, 3.8) is 0 Å². The molecule has 5 aromatic heterocycles. The summed E-state index contributed by atoms with van der Waals surface area (Å²) in [4.78, 5) is 20.0. The Kier molecular flexibility index (Phi) is 5.64. The van der Waals surface area contributed by atoms with Gasteiger partial charge in [0.05, 0.1) is 32.5 Å². The number of thiophene rings is 2. The van der Waals surface area contributed by atoms with E-state index in [-0.39, 0.29) is 0 Å². The maximum atomic E-state index is 5.44. The first-order valence-corrected chi connectivity index (χ1v) is 17.8. The summed E-state index contributed by atoms with van der Waals surface area (Å²) >= 11 is 3.63. The Morgan fingerprint density at radius 2 is 1.18 bits per heavy atom. The first-order valence-electron chi connectivity index (χ1n) is 16.1. The molecule has 6 aromatic carbocycles. The highest BCUT2D eigenvalue weighted by atomic mass is 32.1. The Hall–Kier alpha value is -6.02. The van der Waals surface area contributed by atoms with Crippen molar-refractivity contribution in [1.29, 1.82) is 0 Å². The average Bonchev–Trinajstić information content (AvgIpc) is 3.84. The summed E-state index contributed by atoms with van der Waals surface area (Å²) in [5.41, 5.74) is 8.32. The molecule has 0 bridgehead atoms. The number of hydrogen-bond donors (Lipinski definition) is 0. The average molecular weight is 662 g/mol. The zero-order valence-corrected chi connectivity index (χ0v) is 27.5. The van der Waals surface area contributed by atoms with Crippen LogP contribution in [-0.2, 0) is 0 Å². The molecule has 11 aromatic rings. The standard InChI is InChI=1S/C42H23N5S2/c1-2-10-24(11-3-1)25-18-20-26(21-19-25)37-27-12-4-7-15-30(27)45-42(46-37)47-31-16-8-5-13-28(31)34-39(47)36-38-33(22-43-23-44-38)49-41(36)35-29-14-6-9-17-32(29)48-40(34)35/h1-23H. The van der Waals surface area contributed by atoms with Gasteiger partial charge < -0.3 is 0 Å². The fourth-order valence-corrected chi connectivity index (χ4v) is 9.97. The monoisotopic (exact) mass is 661 g/mol. The number of nitrogens with zero attached hydrogens (tertiary/aromatic N) is 5. The number of para-hydroxylation sites is 2. The Morgan fingerprint density at radius 3 is 2.06 bits per heavy atom. The van der Waals surface area contributed by atoms with Crippen molar-refractivity contribution in [3.8, 4) is 28.3 Å². The van der Waals surface area contributed by atoms with E-state index in [1.165, 1.54) is 46.8 Å². The maximum Gasteiger partial charge on any atom is 0.235 e. The first kappa shape index (κ1) is 27.0. The van der Waals surface area contributed by atoms with Gasteiger partial charge in [0.15, 0.2) is 0 Å². The molecule has 0 saturated carbocycles. The summed E-state index contributed by atoms with van der Waals surface area (Å²) in [5.74, 6) is 0.641. The van der Waals surface area contributed by atoms with Crippen molar-refractivity contribution >= 4 is 95.9 Å². The molecule has 0 aliphatic heterocycles. The van der Waals surface area contributed by atoms with Crippen LogP contribution in [0.2, 0.25) is 0 Å². The minimum absolute atomic E-state index is 0.641. The molecule has 0 fully saturated rings. The first-order chi connectivity index (χ1) is 24.3. The van der Waals surface area contributed by atoms with Gasteiger partial charge in [-0.15, -0.1) is 22.7 Å². The SMILES string of the molecule is c1ccc(-c2ccc(-c3nc(-n4c5ccccc5c5c6sc7ccccc7c6c6sc7cncnc7c6c54)nc4ccccc34)cc2)cc1. The van der Waals surface area contributed by atoms with E-state index >= 15 is 0 Å². The van der Waals surface area contributed by atoms with E-state index in [0.29, 0.717) is 5.95 Å². The molecule has 0 saturated heterocycles. The lowest BCUT2D eigenvalue weighted by molar-refractivity contribution is 1.02. The molecule has 0 radical (unpaired) electrons. The molecule has 0 spiro atoms. The van der Waals surface area contributed by atoms with Gasteiger partial charge in [0, 0.05) is 58.2 Å². The van der Waals surface area contributed by atoms with E-state index in [0.717, 1.165) is 48.8 Å².